The second kappa shape index (κ2) is 15.3. The molecule has 10 aromatic carbocycles. The highest BCUT2D eigenvalue weighted by Crippen LogP contribution is 2.49. The van der Waals surface area contributed by atoms with Gasteiger partial charge in [0.1, 0.15) is 0 Å². The molecule has 1 heterocycles. The molecule has 1 aromatic heterocycles. The van der Waals surface area contributed by atoms with Crippen LogP contribution in [0.5, 0.6) is 0 Å². The zero-order valence-electron chi connectivity index (χ0n) is 32.9. The lowest BCUT2D eigenvalue weighted by atomic mass is 9.87. The maximum Gasteiger partial charge on any atom is 0.0546 e. The van der Waals surface area contributed by atoms with E-state index in [9.17, 15) is 0 Å². The number of hydrogen-bond donors (Lipinski definition) is 0. The van der Waals surface area contributed by atoms with Crippen LogP contribution < -0.4 is 4.90 Å². The highest BCUT2D eigenvalue weighted by atomic mass is 32.1. The highest BCUT2D eigenvalue weighted by Gasteiger charge is 2.23. The molecule has 0 radical (unpaired) electrons. The molecular formula is C58H39NS. The standard InChI is InChI=1S/C58H39NS/c1-3-15-42(16-4-1)50-22-9-10-24-54(50)58-51(44-17-5-2-6-18-44)26-14-27-55(58)59(47-37-38-53-52-23-11-12-28-56(52)60-57(53)39-47)46-35-33-41(34-36-46)40-29-31-45(32-30-40)49-25-13-20-43-19-7-8-21-48(43)49/h1-39H. The first-order valence-corrected chi connectivity index (χ1v) is 21.3. The van der Waals surface area contributed by atoms with Gasteiger partial charge >= 0.3 is 0 Å². The summed E-state index contributed by atoms with van der Waals surface area (Å²) in [5.74, 6) is 0. The summed E-state index contributed by atoms with van der Waals surface area (Å²) in [7, 11) is 0. The fourth-order valence-corrected chi connectivity index (χ4v) is 9.98. The van der Waals surface area contributed by atoms with Gasteiger partial charge in [0.25, 0.3) is 0 Å². The third-order valence-electron chi connectivity index (χ3n) is 11.7. The Kier molecular flexibility index (Phi) is 9.11. The third-order valence-corrected chi connectivity index (χ3v) is 12.8. The van der Waals surface area contributed by atoms with Gasteiger partial charge in [-0.25, -0.2) is 0 Å². The van der Waals surface area contributed by atoms with Crippen molar-refractivity contribution < 1.29 is 0 Å². The summed E-state index contributed by atoms with van der Waals surface area (Å²) in [5, 5.41) is 5.11. The maximum absolute atomic E-state index is 2.46. The van der Waals surface area contributed by atoms with Crippen LogP contribution in [0.4, 0.5) is 17.1 Å². The Labute approximate surface area is 354 Å². The average molecular weight is 782 g/mol. The van der Waals surface area contributed by atoms with Gasteiger partial charge < -0.3 is 4.90 Å². The summed E-state index contributed by atoms with van der Waals surface area (Å²) >= 11 is 1.86. The Bertz CT molecular complexity index is 3290. The van der Waals surface area contributed by atoms with Gasteiger partial charge in [-0.3, -0.25) is 0 Å². The van der Waals surface area contributed by atoms with Crippen molar-refractivity contribution in [2.75, 3.05) is 4.90 Å². The van der Waals surface area contributed by atoms with Crippen molar-refractivity contribution in [2.45, 2.75) is 0 Å². The van der Waals surface area contributed by atoms with E-state index >= 15 is 0 Å². The van der Waals surface area contributed by atoms with Crippen LogP contribution in [0, 0.1) is 0 Å². The predicted molar refractivity (Wildman–Crippen MR) is 259 cm³/mol. The van der Waals surface area contributed by atoms with Crippen molar-refractivity contribution >= 4 is 59.3 Å². The molecule has 282 valence electrons. The van der Waals surface area contributed by atoms with Crippen molar-refractivity contribution in [3.8, 4) is 55.6 Å². The summed E-state index contributed by atoms with van der Waals surface area (Å²) in [4.78, 5) is 2.46. The van der Waals surface area contributed by atoms with Gasteiger partial charge in [-0.2, -0.15) is 0 Å². The first kappa shape index (κ1) is 35.6. The summed E-state index contributed by atoms with van der Waals surface area (Å²) in [6, 6.07) is 86.2. The minimum atomic E-state index is 1.09. The number of thiophene rings is 1. The molecule has 1 nitrogen and oxygen atoms in total. The first-order chi connectivity index (χ1) is 29.8. The van der Waals surface area contributed by atoms with Crippen LogP contribution >= 0.6 is 11.3 Å². The smallest absolute Gasteiger partial charge is 0.0546 e. The van der Waals surface area contributed by atoms with Crippen LogP contribution in [0.3, 0.4) is 0 Å². The molecule has 60 heavy (non-hydrogen) atoms. The first-order valence-electron chi connectivity index (χ1n) is 20.5. The van der Waals surface area contributed by atoms with E-state index in [0.717, 1.165) is 17.1 Å². The van der Waals surface area contributed by atoms with Crippen LogP contribution in [-0.2, 0) is 0 Å². The van der Waals surface area contributed by atoms with Crippen LogP contribution in [-0.4, -0.2) is 0 Å². The number of fused-ring (bicyclic) bond motifs is 4. The fourth-order valence-electron chi connectivity index (χ4n) is 8.84. The number of benzene rings is 10. The average Bonchev–Trinajstić information content (AvgIpc) is 3.70. The molecule has 0 unspecified atom stereocenters. The summed E-state index contributed by atoms with van der Waals surface area (Å²) in [5.41, 5.74) is 15.3. The van der Waals surface area contributed by atoms with E-state index in [4.69, 9.17) is 0 Å². The Morgan fingerprint density at radius 1 is 0.283 bits per heavy atom. The van der Waals surface area contributed by atoms with Crippen LogP contribution in [0.1, 0.15) is 0 Å². The number of anilines is 3. The van der Waals surface area contributed by atoms with E-state index in [-0.39, 0.29) is 0 Å². The van der Waals surface area contributed by atoms with Gasteiger partial charge in [0.15, 0.2) is 0 Å². The molecule has 0 saturated carbocycles. The minimum absolute atomic E-state index is 1.09. The number of nitrogens with zero attached hydrogens (tertiary/aromatic N) is 1. The molecular weight excluding hydrogens is 743 g/mol. The zero-order chi connectivity index (χ0) is 39.8. The molecule has 0 saturated heterocycles. The van der Waals surface area contributed by atoms with E-state index in [1.165, 1.54) is 86.6 Å². The van der Waals surface area contributed by atoms with Crippen molar-refractivity contribution in [3.05, 3.63) is 237 Å². The van der Waals surface area contributed by atoms with Gasteiger partial charge in [0, 0.05) is 37.1 Å². The quantitative estimate of drug-likeness (QED) is 0.148. The maximum atomic E-state index is 2.46. The number of hydrogen-bond acceptors (Lipinski definition) is 2. The SMILES string of the molecule is c1ccc(-c2ccccc2-c2c(-c3ccccc3)cccc2N(c2ccc(-c3ccc(-c4cccc5ccccc45)cc3)cc2)c2ccc3c(c2)sc2ccccc23)cc1. The number of rotatable bonds is 8. The molecule has 0 fully saturated rings. The molecule has 0 spiro atoms. The molecule has 0 aliphatic carbocycles. The van der Waals surface area contributed by atoms with Gasteiger partial charge in [-0.15, -0.1) is 11.3 Å². The summed E-state index contributed by atoms with van der Waals surface area (Å²) in [6.07, 6.45) is 0. The van der Waals surface area contributed by atoms with Crippen molar-refractivity contribution in [1.82, 2.24) is 0 Å². The summed E-state index contributed by atoms with van der Waals surface area (Å²) < 4.78 is 2.57. The lowest BCUT2D eigenvalue weighted by molar-refractivity contribution is 1.29. The van der Waals surface area contributed by atoms with Gasteiger partial charge in [0.05, 0.1) is 5.69 Å². The molecule has 0 N–H and O–H groups in total. The molecule has 0 atom stereocenters. The van der Waals surface area contributed by atoms with E-state index in [0.29, 0.717) is 0 Å². The van der Waals surface area contributed by atoms with Crippen LogP contribution in [0.15, 0.2) is 237 Å². The Hall–Kier alpha value is -7.52. The predicted octanol–water partition coefficient (Wildman–Crippen LogP) is 17.0. The monoisotopic (exact) mass is 781 g/mol. The van der Waals surface area contributed by atoms with E-state index in [1.54, 1.807) is 0 Å². The largest absolute Gasteiger partial charge is 0.310 e. The fraction of sp³-hybridized carbons (Fsp3) is 0. The van der Waals surface area contributed by atoms with Crippen LogP contribution in [0.25, 0.3) is 86.6 Å². The molecule has 2 heteroatoms. The van der Waals surface area contributed by atoms with Crippen molar-refractivity contribution in [2.24, 2.45) is 0 Å². The molecule has 0 bridgehead atoms. The topological polar surface area (TPSA) is 3.24 Å². The molecule has 0 amide bonds. The van der Waals surface area contributed by atoms with Crippen molar-refractivity contribution in [1.29, 1.82) is 0 Å². The summed E-state index contributed by atoms with van der Waals surface area (Å²) in [6.45, 7) is 0. The third kappa shape index (κ3) is 6.44. The van der Waals surface area contributed by atoms with Gasteiger partial charge in [-0.1, -0.05) is 200 Å². The minimum Gasteiger partial charge on any atom is -0.310 e. The van der Waals surface area contributed by atoms with Gasteiger partial charge in [0.2, 0.25) is 0 Å². The molecule has 11 rings (SSSR count). The zero-order valence-corrected chi connectivity index (χ0v) is 33.7. The van der Waals surface area contributed by atoms with E-state index < -0.39 is 0 Å². The van der Waals surface area contributed by atoms with E-state index in [1.807, 2.05) is 11.3 Å². The molecule has 11 aromatic rings. The second-order valence-electron chi connectivity index (χ2n) is 15.2. The second-order valence-corrected chi connectivity index (χ2v) is 16.3. The lowest BCUT2D eigenvalue weighted by Crippen LogP contribution is -2.12. The van der Waals surface area contributed by atoms with Crippen LogP contribution in [0.2, 0.25) is 0 Å². The Morgan fingerprint density at radius 3 is 1.55 bits per heavy atom. The normalized spacial score (nSPS) is 11.3. The van der Waals surface area contributed by atoms with Crippen molar-refractivity contribution in [3.63, 3.8) is 0 Å². The lowest BCUT2D eigenvalue weighted by Gasteiger charge is -2.30. The van der Waals surface area contributed by atoms with Gasteiger partial charge in [-0.05, 0) is 97.2 Å². The molecule has 0 aliphatic rings. The van der Waals surface area contributed by atoms with E-state index in [2.05, 4.69) is 241 Å². The molecule has 0 aliphatic heterocycles. The Morgan fingerprint density at radius 2 is 0.783 bits per heavy atom. The Balaban J connectivity index is 1.09. The highest BCUT2D eigenvalue weighted by molar-refractivity contribution is 7.25.